The zero-order chi connectivity index (χ0) is 23.3. The van der Waals surface area contributed by atoms with E-state index in [2.05, 4.69) is 15.0 Å². The number of fused-ring (bicyclic) bond motifs is 1. The highest BCUT2D eigenvalue weighted by atomic mass is 32.2. The molecule has 1 fully saturated rings. The number of hydrogen-bond donors (Lipinski definition) is 0. The number of alkyl halides is 3. The third-order valence-corrected chi connectivity index (χ3v) is 7.68. The summed E-state index contributed by atoms with van der Waals surface area (Å²) in [4.78, 5) is 26.6. The summed E-state index contributed by atoms with van der Waals surface area (Å²) >= 11 is 0. The van der Waals surface area contributed by atoms with E-state index < -0.39 is 32.9 Å². The zero-order valence-electron chi connectivity index (χ0n) is 17.3. The number of aryl methyl sites for hydroxylation is 1. The first kappa shape index (κ1) is 22.2. The molecule has 4 heterocycles. The van der Waals surface area contributed by atoms with E-state index in [9.17, 15) is 26.4 Å². The molecule has 0 aliphatic carbocycles. The molecular formula is C20H20F3N5O3S. The van der Waals surface area contributed by atoms with E-state index >= 15 is 0 Å². The van der Waals surface area contributed by atoms with E-state index in [1.54, 1.807) is 14.0 Å². The predicted octanol–water partition coefficient (Wildman–Crippen LogP) is 3.05. The van der Waals surface area contributed by atoms with E-state index in [4.69, 9.17) is 0 Å². The van der Waals surface area contributed by atoms with Crippen molar-refractivity contribution in [2.75, 3.05) is 12.3 Å². The van der Waals surface area contributed by atoms with Crippen molar-refractivity contribution in [3.8, 4) is 11.5 Å². The monoisotopic (exact) mass is 467 g/mol. The number of pyridine rings is 2. The fourth-order valence-electron chi connectivity index (χ4n) is 3.81. The molecule has 8 nitrogen and oxygen atoms in total. The van der Waals surface area contributed by atoms with Gasteiger partial charge in [0.1, 0.15) is 16.6 Å². The Morgan fingerprint density at radius 1 is 1.22 bits per heavy atom. The molecule has 3 aromatic rings. The van der Waals surface area contributed by atoms with Crippen molar-refractivity contribution in [2.24, 2.45) is 7.05 Å². The third-order valence-electron chi connectivity index (χ3n) is 5.55. The number of carbonyl (C=O) groups excluding carboxylic acids is 1. The van der Waals surface area contributed by atoms with Crippen LogP contribution in [-0.2, 0) is 23.1 Å². The van der Waals surface area contributed by atoms with Gasteiger partial charge in [0, 0.05) is 31.7 Å². The van der Waals surface area contributed by atoms with Gasteiger partial charge in [-0.1, -0.05) is 6.92 Å². The van der Waals surface area contributed by atoms with E-state index in [0.717, 1.165) is 12.3 Å². The number of hydrogen-bond acceptors (Lipinski definition) is 6. The van der Waals surface area contributed by atoms with Gasteiger partial charge in [0.15, 0.2) is 21.3 Å². The smallest absolute Gasteiger partial charge is 0.321 e. The van der Waals surface area contributed by atoms with Crippen LogP contribution < -0.4 is 0 Å². The maximum Gasteiger partial charge on any atom is 0.417 e. The highest BCUT2D eigenvalue weighted by Crippen LogP contribution is 2.31. The molecule has 1 aliphatic heterocycles. The van der Waals surface area contributed by atoms with Crippen LogP contribution in [0.25, 0.3) is 22.7 Å². The number of likely N-dealkylation sites (tertiary alicyclic amines) is 1. The van der Waals surface area contributed by atoms with Crippen molar-refractivity contribution in [3.05, 3.63) is 41.7 Å². The molecule has 12 heteroatoms. The average molecular weight is 467 g/mol. The molecule has 1 saturated heterocycles. The number of aromatic nitrogens is 4. The molecule has 0 saturated carbocycles. The van der Waals surface area contributed by atoms with Crippen LogP contribution in [0.3, 0.4) is 0 Å². The average Bonchev–Trinajstić information content (AvgIpc) is 3.38. The molecule has 0 N–H and O–H groups in total. The summed E-state index contributed by atoms with van der Waals surface area (Å²) < 4.78 is 65.0. The van der Waals surface area contributed by atoms with E-state index in [0.29, 0.717) is 30.9 Å². The van der Waals surface area contributed by atoms with E-state index in [-0.39, 0.29) is 22.5 Å². The minimum absolute atomic E-state index is 0.0462. The molecular weight excluding hydrogens is 447 g/mol. The first-order valence-electron chi connectivity index (χ1n) is 9.91. The number of imidazole rings is 1. The Labute approximate surface area is 182 Å². The number of nitrogens with zero attached hydrogens (tertiary/aromatic N) is 5. The van der Waals surface area contributed by atoms with Crippen LogP contribution in [0.15, 0.2) is 30.6 Å². The maximum atomic E-state index is 13.0. The van der Waals surface area contributed by atoms with Crippen LogP contribution in [0.4, 0.5) is 13.2 Å². The topological polar surface area (TPSA) is 98.0 Å². The highest BCUT2D eigenvalue weighted by Gasteiger charge is 2.37. The number of sulfone groups is 1. The van der Waals surface area contributed by atoms with Gasteiger partial charge >= 0.3 is 6.18 Å². The fourth-order valence-corrected chi connectivity index (χ4v) is 5.31. The second-order valence-corrected chi connectivity index (χ2v) is 9.99. The number of carbonyl (C=O) groups is 1. The number of halogens is 3. The van der Waals surface area contributed by atoms with Gasteiger partial charge in [-0.25, -0.2) is 18.4 Å². The van der Waals surface area contributed by atoms with Crippen molar-refractivity contribution in [3.63, 3.8) is 0 Å². The van der Waals surface area contributed by atoms with E-state index in [1.807, 2.05) is 0 Å². The lowest BCUT2D eigenvalue weighted by Crippen LogP contribution is -2.41. The Kier molecular flexibility index (Phi) is 5.43. The van der Waals surface area contributed by atoms with Crippen LogP contribution in [0, 0.1) is 0 Å². The molecule has 1 aliphatic rings. The second kappa shape index (κ2) is 7.84. The van der Waals surface area contributed by atoms with Crippen molar-refractivity contribution >= 4 is 26.9 Å². The molecule has 32 heavy (non-hydrogen) atoms. The van der Waals surface area contributed by atoms with Crippen molar-refractivity contribution in [2.45, 2.75) is 31.3 Å². The summed E-state index contributed by atoms with van der Waals surface area (Å²) in [6.07, 6.45) is -1.45. The molecule has 1 atom stereocenters. The molecule has 0 bridgehead atoms. The minimum atomic E-state index is -4.53. The van der Waals surface area contributed by atoms with Crippen LogP contribution in [0.1, 0.15) is 35.7 Å². The molecule has 0 spiro atoms. The number of amides is 1. The van der Waals surface area contributed by atoms with Crippen molar-refractivity contribution in [1.82, 2.24) is 24.4 Å². The summed E-state index contributed by atoms with van der Waals surface area (Å²) in [5.41, 5.74) is 0.00676. The summed E-state index contributed by atoms with van der Waals surface area (Å²) in [5.74, 6) is -0.182. The Hall–Kier alpha value is -3.02. The Balaban J connectivity index is 1.63. The van der Waals surface area contributed by atoms with Crippen molar-refractivity contribution < 1.29 is 26.4 Å². The molecule has 4 rings (SSSR count). The lowest BCUT2D eigenvalue weighted by Gasteiger charge is -2.24. The standard InChI is InChI=1S/C20H20F3N5O3S/c1-3-32(30,31)16-5-4-8-28(16)19(29)12-6-7-14(24-10-12)18-26-15-9-13(20(21,22)23)11-25-17(15)27(18)2/h6-7,9-11,16H,3-5,8H2,1-2H3. The Morgan fingerprint density at radius 2 is 1.97 bits per heavy atom. The van der Waals surface area contributed by atoms with E-state index in [1.165, 1.54) is 27.8 Å². The largest absolute Gasteiger partial charge is 0.417 e. The summed E-state index contributed by atoms with van der Waals surface area (Å²) in [5, 5.41) is -0.839. The lowest BCUT2D eigenvalue weighted by molar-refractivity contribution is -0.137. The van der Waals surface area contributed by atoms with Crippen LogP contribution >= 0.6 is 0 Å². The van der Waals surface area contributed by atoms with Gasteiger partial charge < -0.3 is 9.47 Å². The fraction of sp³-hybridized carbons (Fsp3) is 0.400. The normalized spacial score (nSPS) is 17.3. The third kappa shape index (κ3) is 3.83. The Morgan fingerprint density at radius 3 is 2.59 bits per heavy atom. The SMILES string of the molecule is CCS(=O)(=O)C1CCCN1C(=O)c1ccc(-c2nc3cc(C(F)(F)F)cnc3n2C)nc1. The van der Waals surface area contributed by atoms with Gasteiger partial charge in [-0.2, -0.15) is 13.2 Å². The van der Waals surface area contributed by atoms with Gasteiger partial charge in [0.2, 0.25) is 0 Å². The molecule has 170 valence electrons. The quantitative estimate of drug-likeness (QED) is 0.585. The van der Waals surface area contributed by atoms with Crippen LogP contribution in [0.2, 0.25) is 0 Å². The zero-order valence-corrected chi connectivity index (χ0v) is 18.1. The molecule has 1 amide bonds. The minimum Gasteiger partial charge on any atom is -0.321 e. The maximum absolute atomic E-state index is 13.0. The van der Waals surface area contributed by atoms with Crippen LogP contribution in [-0.4, -0.2) is 56.4 Å². The predicted molar refractivity (Wildman–Crippen MR) is 110 cm³/mol. The summed E-state index contributed by atoms with van der Waals surface area (Å²) in [6.45, 7) is 1.90. The molecule has 0 aromatic carbocycles. The first-order valence-corrected chi connectivity index (χ1v) is 11.6. The summed E-state index contributed by atoms with van der Waals surface area (Å²) in [6, 6.07) is 3.95. The molecule has 0 radical (unpaired) electrons. The first-order chi connectivity index (χ1) is 15.0. The molecule has 3 aromatic heterocycles. The van der Waals surface area contributed by atoms with Gasteiger partial charge in [-0.15, -0.1) is 0 Å². The summed E-state index contributed by atoms with van der Waals surface area (Å²) in [7, 11) is -1.79. The highest BCUT2D eigenvalue weighted by molar-refractivity contribution is 7.91. The second-order valence-electron chi connectivity index (χ2n) is 7.54. The van der Waals surface area contributed by atoms with Crippen LogP contribution in [0.5, 0.6) is 0 Å². The Bertz CT molecular complexity index is 1290. The van der Waals surface area contributed by atoms with Gasteiger partial charge in [-0.3, -0.25) is 9.78 Å². The van der Waals surface area contributed by atoms with Gasteiger partial charge in [0.05, 0.1) is 11.1 Å². The molecule has 1 unspecified atom stereocenters. The van der Waals surface area contributed by atoms with Gasteiger partial charge in [0.25, 0.3) is 5.91 Å². The number of rotatable bonds is 4. The van der Waals surface area contributed by atoms with Crippen molar-refractivity contribution in [1.29, 1.82) is 0 Å². The lowest BCUT2D eigenvalue weighted by atomic mass is 10.2. The van der Waals surface area contributed by atoms with Gasteiger partial charge in [-0.05, 0) is 31.0 Å².